The highest BCUT2D eigenvalue weighted by Crippen LogP contribution is 2.40. The van der Waals surface area contributed by atoms with Crippen LogP contribution in [0.25, 0.3) is 44.3 Å². The summed E-state index contributed by atoms with van der Waals surface area (Å²) in [6, 6.07) is 21.7. The summed E-state index contributed by atoms with van der Waals surface area (Å²) in [6.45, 7) is 2.72. The Kier molecular flexibility index (Phi) is 4.49. The van der Waals surface area contributed by atoms with Gasteiger partial charge in [-0.25, -0.2) is 0 Å². The molecule has 0 unspecified atom stereocenters. The maximum absolute atomic E-state index is 13.9. The van der Waals surface area contributed by atoms with Crippen LogP contribution in [0.4, 0.5) is 0 Å². The van der Waals surface area contributed by atoms with Crippen molar-refractivity contribution in [3.05, 3.63) is 88.7 Å². The molecule has 3 aromatic carbocycles. The van der Waals surface area contributed by atoms with E-state index in [1.165, 1.54) is 0 Å². The van der Waals surface area contributed by atoms with Crippen LogP contribution < -0.4 is 11.2 Å². The van der Waals surface area contributed by atoms with Crippen LogP contribution in [-0.2, 0) is 12.1 Å². The summed E-state index contributed by atoms with van der Waals surface area (Å²) in [5.41, 5.74) is 11.1. The smallest absolute Gasteiger partial charge is 0.201 e. The summed E-state index contributed by atoms with van der Waals surface area (Å²) in [7, 11) is 0. The summed E-state index contributed by atoms with van der Waals surface area (Å²) < 4.78 is 8.45. The summed E-state index contributed by atoms with van der Waals surface area (Å²) in [5.74, 6) is 0.573. The first-order chi connectivity index (χ1) is 16.1. The number of benzene rings is 3. The van der Waals surface area contributed by atoms with Crippen LogP contribution in [-0.4, -0.2) is 9.78 Å². The van der Waals surface area contributed by atoms with Crippen LogP contribution in [0, 0.1) is 0 Å². The normalized spacial score (nSPS) is 15.1. The van der Waals surface area contributed by atoms with Crippen molar-refractivity contribution in [1.82, 2.24) is 9.78 Å². The lowest BCUT2D eigenvalue weighted by atomic mass is 9.72. The molecule has 0 spiro atoms. The SMILES string of the molecule is CCn1ncc2ccc3c(=O)c(-c4ccc(C5(N)CCC5)cc4)c(-c4ccccc4)oc3c21. The van der Waals surface area contributed by atoms with E-state index in [-0.39, 0.29) is 11.0 Å². The summed E-state index contributed by atoms with van der Waals surface area (Å²) in [4.78, 5) is 13.9. The Morgan fingerprint density at radius 3 is 2.42 bits per heavy atom. The third-order valence-corrected chi connectivity index (χ3v) is 6.99. The zero-order valence-electron chi connectivity index (χ0n) is 18.5. The first kappa shape index (κ1) is 19.9. The lowest BCUT2D eigenvalue weighted by molar-refractivity contribution is 0.253. The predicted molar refractivity (Wildman–Crippen MR) is 132 cm³/mol. The van der Waals surface area contributed by atoms with Crippen LogP contribution in [0.5, 0.6) is 0 Å². The Morgan fingerprint density at radius 2 is 1.76 bits per heavy atom. The monoisotopic (exact) mass is 435 g/mol. The van der Waals surface area contributed by atoms with Crippen molar-refractivity contribution in [3.63, 3.8) is 0 Å². The highest BCUT2D eigenvalue weighted by Gasteiger charge is 2.34. The highest BCUT2D eigenvalue weighted by atomic mass is 16.3. The fraction of sp³-hybridized carbons (Fsp3) is 0.214. The van der Waals surface area contributed by atoms with Gasteiger partial charge in [0.05, 0.1) is 17.1 Å². The molecule has 1 aliphatic rings. The van der Waals surface area contributed by atoms with Crippen molar-refractivity contribution in [2.75, 3.05) is 0 Å². The predicted octanol–water partition coefficient (Wildman–Crippen LogP) is 5.83. The van der Waals surface area contributed by atoms with Gasteiger partial charge in [0.2, 0.25) is 5.43 Å². The highest BCUT2D eigenvalue weighted by molar-refractivity contribution is 6.04. The molecule has 164 valence electrons. The second-order valence-electron chi connectivity index (χ2n) is 8.93. The second kappa shape index (κ2) is 7.42. The number of hydrogen-bond acceptors (Lipinski definition) is 4. The van der Waals surface area contributed by atoms with E-state index in [4.69, 9.17) is 10.2 Å². The maximum Gasteiger partial charge on any atom is 0.201 e. The first-order valence-electron chi connectivity index (χ1n) is 11.5. The van der Waals surface area contributed by atoms with Gasteiger partial charge in [-0.15, -0.1) is 0 Å². The van der Waals surface area contributed by atoms with E-state index in [0.29, 0.717) is 28.8 Å². The second-order valence-corrected chi connectivity index (χ2v) is 8.93. The Bertz CT molecular complexity index is 1540. The van der Waals surface area contributed by atoms with Gasteiger partial charge in [-0.1, -0.05) is 60.7 Å². The molecule has 0 atom stereocenters. The number of hydrogen-bond donors (Lipinski definition) is 1. The number of aromatic nitrogens is 2. The van der Waals surface area contributed by atoms with Crippen molar-refractivity contribution in [2.45, 2.75) is 38.3 Å². The molecule has 2 heterocycles. The summed E-state index contributed by atoms with van der Waals surface area (Å²) in [6.07, 6.45) is 4.98. The molecule has 6 rings (SSSR count). The third-order valence-electron chi connectivity index (χ3n) is 6.99. The van der Waals surface area contributed by atoms with Gasteiger partial charge in [-0.3, -0.25) is 9.48 Å². The molecule has 2 N–H and O–H groups in total. The average Bonchev–Trinajstić information content (AvgIpc) is 3.27. The molecule has 5 heteroatoms. The van der Waals surface area contributed by atoms with E-state index in [9.17, 15) is 4.79 Å². The van der Waals surface area contributed by atoms with Crippen molar-refractivity contribution in [3.8, 4) is 22.5 Å². The zero-order chi connectivity index (χ0) is 22.6. The molecule has 0 bridgehead atoms. The molecular weight excluding hydrogens is 410 g/mol. The lowest BCUT2D eigenvalue weighted by Crippen LogP contribution is -2.43. The number of nitrogens with two attached hydrogens (primary N) is 1. The zero-order valence-corrected chi connectivity index (χ0v) is 18.5. The molecular formula is C28H25N3O2. The molecule has 0 saturated heterocycles. The molecule has 0 amide bonds. The molecule has 5 nitrogen and oxygen atoms in total. The Labute approximate surface area is 191 Å². The standard InChI is InChI=1S/C28H25N3O2/c1-2-31-24-20(17-30-31)11-14-22-25(32)23(26(33-27(22)24)19-7-4-3-5-8-19)18-9-12-21(13-10-18)28(29)15-6-16-28/h3-5,7-14,17H,2,6,15-16,29H2,1H3. The van der Waals surface area contributed by atoms with Crippen molar-refractivity contribution >= 4 is 21.9 Å². The molecule has 1 saturated carbocycles. The van der Waals surface area contributed by atoms with E-state index in [2.05, 4.69) is 17.2 Å². The Balaban J connectivity index is 1.65. The van der Waals surface area contributed by atoms with Gasteiger partial charge < -0.3 is 10.2 Å². The molecule has 0 radical (unpaired) electrons. The van der Waals surface area contributed by atoms with Crippen LogP contribution in [0.3, 0.4) is 0 Å². The molecule has 0 aliphatic heterocycles. The molecule has 33 heavy (non-hydrogen) atoms. The fourth-order valence-corrected chi connectivity index (χ4v) is 4.93. The van der Waals surface area contributed by atoms with Gasteiger partial charge in [0.1, 0.15) is 11.3 Å². The minimum absolute atomic E-state index is 0.0419. The maximum atomic E-state index is 13.9. The van der Waals surface area contributed by atoms with Gasteiger partial charge in [0.15, 0.2) is 5.58 Å². The average molecular weight is 436 g/mol. The Morgan fingerprint density at radius 1 is 1.00 bits per heavy atom. The lowest BCUT2D eigenvalue weighted by Gasteiger charge is -2.38. The largest absolute Gasteiger partial charge is 0.453 e. The van der Waals surface area contributed by atoms with Gasteiger partial charge in [0, 0.05) is 23.0 Å². The van der Waals surface area contributed by atoms with E-state index in [1.54, 1.807) is 0 Å². The van der Waals surface area contributed by atoms with Crippen LogP contribution in [0.2, 0.25) is 0 Å². The summed E-state index contributed by atoms with van der Waals surface area (Å²) >= 11 is 0. The topological polar surface area (TPSA) is 74.0 Å². The molecule has 5 aromatic rings. The summed E-state index contributed by atoms with van der Waals surface area (Å²) in [5, 5.41) is 5.98. The quantitative estimate of drug-likeness (QED) is 0.385. The molecule has 1 aliphatic carbocycles. The van der Waals surface area contributed by atoms with E-state index >= 15 is 0 Å². The van der Waals surface area contributed by atoms with Crippen molar-refractivity contribution in [2.24, 2.45) is 5.73 Å². The van der Waals surface area contributed by atoms with Gasteiger partial charge in [0.25, 0.3) is 0 Å². The fourth-order valence-electron chi connectivity index (χ4n) is 4.93. The number of rotatable bonds is 4. The molecule has 1 fully saturated rings. The van der Waals surface area contributed by atoms with Crippen LogP contribution in [0.1, 0.15) is 31.7 Å². The minimum atomic E-state index is -0.237. The number of nitrogens with zero attached hydrogens (tertiary/aromatic N) is 2. The van der Waals surface area contributed by atoms with Crippen molar-refractivity contribution in [1.29, 1.82) is 0 Å². The van der Waals surface area contributed by atoms with E-state index in [0.717, 1.165) is 46.9 Å². The van der Waals surface area contributed by atoms with E-state index < -0.39 is 0 Å². The first-order valence-corrected chi connectivity index (χ1v) is 11.5. The van der Waals surface area contributed by atoms with Crippen molar-refractivity contribution < 1.29 is 4.42 Å². The minimum Gasteiger partial charge on any atom is -0.453 e. The van der Waals surface area contributed by atoms with Gasteiger partial charge in [-0.05, 0) is 43.4 Å². The number of aryl methyl sites for hydroxylation is 1. The third kappa shape index (κ3) is 3.04. The van der Waals surface area contributed by atoms with Crippen LogP contribution in [0.15, 0.2) is 82.1 Å². The van der Waals surface area contributed by atoms with Gasteiger partial charge >= 0.3 is 0 Å². The van der Waals surface area contributed by atoms with E-state index in [1.807, 2.05) is 72.4 Å². The number of fused-ring (bicyclic) bond motifs is 3. The van der Waals surface area contributed by atoms with Crippen LogP contribution >= 0.6 is 0 Å². The Hall–Kier alpha value is -3.70. The van der Waals surface area contributed by atoms with Gasteiger partial charge in [-0.2, -0.15) is 5.10 Å². The molecule has 2 aromatic heterocycles.